The Morgan fingerprint density at radius 1 is 1.15 bits per heavy atom. The number of hydrogen-bond donors (Lipinski definition) is 1. The fourth-order valence-corrected chi connectivity index (χ4v) is 3.30. The summed E-state index contributed by atoms with van der Waals surface area (Å²) in [4.78, 5) is 1.01. The lowest BCUT2D eigenvalue weighted by molar-refractivity contribution is 0.414. The quantitative estimate of drug-likeness (QED) is 0.787. The number of methoxy groups -OCH3 is 1. The van der Waals surface area contributed by atoms with E-state index in [1.165, 1.54) is 17.4 Å². The van der Waals surface area contributed by atoms with Crippen molar-refractivity contribution in [3.05, 3.63) is 64.8 Å². The van der Waals surface area contributed by atoms with Crippen LogP contribution in [0.25, 0.3) is 10.1 Å². The predicted molar refractivity (Wildman–Crippen MR) is 80.8 cm³/mol. The monoisotopic (exact) mass is 287 g/mol. The maximum absolute atomic E-state index is 13.2. The van der Waals surface area contributed by atoms with Crippen LogP contribution in [0.5, 0.6) is 5.75 Å². The van der Waals surface area contributed by atoms with Crippen molar-refractivity contribution in [2.24, 2.45) is 5.73 Å². The molecule has 0 bridgehead atoms. The summed E-state index contributed by atoms with van der Waals surface area (Å²) >= 11 is 1.52. The molecule has 3 aromatic rings. The number of rotatable bonds is 3. The Balaban J connectivity index is 2.00. The van der Waals surface area contributed by atoms with Crippen molar-refractivity contribution in [3.8, 4) is 5.75 Å². The van der Waals surface area contributed by atoms with Gasteiger partial charge in [-0.1, -0.05) is 18.2 Å². The Morgan fingerprint density at radius 3 is 2.80 bits per heavy atom. The van der Waals surface area contributed by atoms with Gasteiger partial charge in [0.05, 0.1) is 13.2 Å². The number of thiophene rings is 1. The maximum Gasteiger partial charge on any atom is 0.124 e. The molecule has 2 N–H and O–H groups in total. The van der Waals surface area contributed by atoms with E-state index in [0.717, 1.165) is 26.3 Å². The standard InChI is InChI=1S/C16H14FNOS/c1-19-13-4-2-3-11(7-13)16(18)15-8-10-5-6-12(17)9-14(10)20-15/h2-9,16H,18H2,1H3. The summed E-state index contributed by atoms with van der Waals surface area (Å²) in [6.07, 6.45) is 0. The van der Waals surface area contributed by atoms with Gasteiger partial charge in [-0.3, -0.25) is 0 Å². The van der Waals surface area contributed by atoms with Crippen molar-refractivity contribution in [2.45, 2.75) is 6.04 Å². The second kappa shape index (κ2) is 5.23. The van der Waals surface area contributed by atoms with Gasteiger partial charge in [-0.05, 0) is 41.3 Å². The van der Waals surface area contributed by atoms with Crippen LogP contribution in [0.4, 0.5) is 4.39 Å². The lowest BCUT2D eigenvalue weighted by Gasteiger charge is -2.11. The first-order valence-corrected chi connectivity index (χ1v) is 7.07. The van der Waals surface area contributed by atoms with Crippen LogP contribution < -0.4 is 10.5 Å². The average Bonchev–Trinajstić information content (AvgIpc) is 2.89. The van der Waals surface area contributed by atoms with E-state index in [0.29, 0.717) is 0 Å². The van der Waals surface area contributed by atoms with Crippen LogP contribution in [-0.4, -0.2) is 7.11 Å². The first-order valence-electron chi connectivity index (χ1n) is 6.26. The Hall–Kier alpha value is -1.91. The van der Waals surface area contributed by atoms with Crippen molar-refractivity contribution in [3.63, 3.8) is 0 Å². The Bertz CT molecular complexity index is 753. The molecule has 2 nitrogen and oxygen atoms in total. The molecule has 3 rings (SSSR count). The lowest BCUT2D eigenvalue weighted by Crippen LogP contribution is -2.10. The zero-order valence-corrected chi connectivity index (χ0v) is 11.8. The van der Waals surface area contributed by atoms with Gasteiger partial charge in [0.1, 0.15) is 11.6 Å². The highest BCUT2D eigenvalue weighted by Crippen LogP contribution is 2.33. The first-order chi connectivity index (χ1) is 9.67. The average molecular weight is 287 g/mol. The number of nitrogens with two attached hydrogens (primary N) is 1. The number of fused-ring (bicyclic) bond motifs is 1. The summed E-state index contributed by atoms with van der Waals surface area (Å²) in [7, 11) is 1.63. The van der Waals surface area contributed by atoms with Gasteiger partial charge in [0, 0.05) is 9.58 Å². The number of halogens is 1. The molecule has 0 aliphatic heterocycles. The van der Waals surface area contributed by atoms with E-state index in [1.807, 2.05) is 30.3 Å². The van der Waals surface area contributed by atoms with E-state index in [1.54, 1.807) is 19.2 Å². The van der Waals surface area contributed by atoms with Crippen molar-refractivity contribution < 1.29 is 9.13 Å². The third-order valence-corrected chi connectivity index (χ3v) is 4.44. The van der Waals surface area contributed by atoms with Gasteiger partial charge in [0.2, 0.25) is 0 Å². The van der Waals surface area contributed by atoms with E-state index >= 15 is 0 Å². The molecule has 0 aliphatic carbocycles. The minimum atomic E-state index is -0.231. The molecule has 1 unspecified atom stereocenters. The predicted octanol–water partition coefficient (Wildman–Crippen LogP) is 4.10. The molecule has 102 valence electrons. The van der Waals surface area contributed by atoms with Crippen LogP contribution in [0.3, 0.4) is 0 Å². The molecule has 20 heavy (non-hydrogen) atoms. The lowest BCUT2D eigenvalue weighted by atomic mass is 10.1. The molecular formula is C16H14FNOS. The maximum atomic E-state index is 13.2. The fourth-order valence-electron chi connectivity index (χ4n) is 2.18. The summed E-state index contributed by atoms with van der Waals surface area (Å²) in [6.45, 7) is 0. The highest BCUT2D eigenvalue weighted by Gasteiger charge is 2.13. The van der Waals surface area contributed by atoms with Crippen LogP contribution in [0.2, 0.25) is 0 Å². The minimum Gasteiger partial charge on any atom is -0.497 e. The van der Waals surface area contributed by atoms with Crippen molar-refractivity contribution in [2.75, 3.05) is 7.11 Å². The SMILES string of the molecule is COc1cccc(C(N)c2cc3ccc(F)cc3s2)c1. The Labute approximate surface area is 120 Å². The summed E-state index contributed by atoms with van der Waals surface area (Å²) < 4.78 is 19.4. The van der Waals surface area contributed by atoms with Crippen LogP contribution in [-0.2, 0) is 0 Å². The van der Waals surface area contributed by atoms with E-state index in [-0.39, 0.29) is 11.9 Å². The highest BCUT2D eigenvalue weighted by atomic mass is 32.1. The molecule has 4 heteroatoms. The van der Waals surface area contributed by atoms with Crippen molar-refractivity contribution in [1.29, 1.82) is 0 Å². The molecule has 1 aromatic heterocycles. The van der Waals surface area contributed by atoms with Crippen LogP contribution in [0, 0.1) is 5.82 Å². The molecular weight excluding hydrogens is 273 g/mol. The third kappa shape index (κ3) is 2.40. The molecule has 2 aromatic carbocycles. The molecule has 0 spiro atoms. The smallest absolute Gasteiger partial charge is 0.124 e. The van der Waals surface area contributed by atoms with Crippen LogP contribution in [0.1, 0.15) is 16.5 Å². The Morgan fingerprint density at radius 2 is 2.00 bits per heavy atom. The molecule has 0 saturated heterocycles. The van der Waals surface area contributed by atoms with E-state index in [2.05, 4.69) is 0 Å². The molecule has 0 aliphatic rings. The molecule has 0 radical (unpaired) electrons. The zero-order valence-electron chi connectivity index (χ0n) is 11.0. The molecule has 0 saturated carbocycles. The van der Waals surface area contributed by atoms with Crippen molar-refractivity contribution >= 4 is 21.4 Å². The summed E-state index contributed by atoms with van der Waals surface area (Å²) in [5.74, 6) is 0.561. The van der Waals surface area contributed by atoms with Crippen molar-refractivity contribution in [1.82, 2.24) is 0 Å². The second-order valence-corrected chi connectivity index (χ2v) is 5.70. The van der Waals surface area contributed by atoms with E-state index in [9.17, 15) is 4.39 Å². The Kier molecular flexibility index (Phi) is 3.42. The van der Waals surface area contributed by atoms with Gasteiger partial charge in [-0.15, -0.1) is 11.3 Å². The topological polar surface area (TPSA) is 35.2 Å². The third-order valence-electron chi connectivity index (χ3n) is 3.26. The van der Waals surface area contributed by atoms with Gasteiger partial charge < -0.3 is 10.5 Å². The summed E-state index contributed by atoms with van der Waals surface area (Å²) in [5, 5.41) is 1.02. The molecule has 0 fully saturated rings. The van der Waals surface area contributed by atoms with Gasteiger partial charge in [0.15, 0.2) is 0 Å². The normalized spacial score (nSPS) is 12.6. The van der Waals surface area contributed by atoms with Gasteiger partial charge in [-0.2, -0.15) is 0 Å². The first kappa shape index (κ1) is 13.1. The van der Waals surface area contributed by atoms with Crippen LogP contribution >= 0.6 is 11.3 Å². The van der Waals surface area contributed by atoms with Gasteiger partial charge >= 0.3 is 0 Å². The highest BCUT2D eigenvalue weighted by molar-refractivity contribution is 7.19. The summed E-state index contributed by atoms with van der Waals surface area (Å²) in [6, 6.07) is 14.3. The largest absolute Gasteiger partial charge is 0.497 e. The number of benzene rings is 2. The number of hydrogen-bond acceptors (Lipinski definition) is 3. The van der Waals surface area contributed by atoms with Gasteiger partial charge in [-0.25, -0.2) is 4.39 Å². The molecule has 0 amide bonds. The molecule has 1 atom stereocenters. The second-order valence-electron chi connectivity index (χ2n) is 4.59. The van der Waals surface area contributed by atoms with Crippen LogP contribution in [0.15, 0.2) is 48.5 Å². The molecule has 1 heterocycles. The fraction of sp³-hybridized carbons (Fsp3) is 0.125. The van der Waals surface area contributed by atoms with Gasteiger partial charge in [0.25, 0.3) is 0 Å². The van der Waals surface area contributed by atoms with E-state index < -0.39 is 0 Å². The summed E-state index contributed by atoms with van der Waals surface area (Å²) in [5.41, 5.74) is 7.29. The minimum absolute atomic E-state index is 0.221. The van der Waals surface area contributed by atoms with E-state index in [4.69, 9.17) is 10.5 Å². The number of ether oxygens (including phenoxy) is 1. The zero-order chi connectivity index (χ0) is 14.1.